The Hall–Kier alpha value is 0.970. The molecule has 2 aliphatic heterocycles. The average Bonchev–Trinajstić information content (AvgIpc) is 2.55. The number of piperidine rings is 1. The van der Waals surface area contributed by atoms with Crippen LogP contribution < -0.4 is 0 Å². The lowest BCUT2D eigenvalue weighted by Gasteiger charge is -2.43. The number of hydrogen-bond donors (Lipinski definition) is 2. The van der Waals surface area contributed by atoms with Crippen molar-refractivity contribution in [3.63, 3.8) is 0 Å². The third kappa shape index (κ3) is 1.74. The van der Waals surface area contributed by atoms with Crippen LogP contribution in [0.1, 0.15) is 19.3 Å². The molecule has 2 aliphatic rings. The molecule has 2 heterocycles. The summed E-state index contributed by atoms with van der Waals surface area (Å²) in [6.45, 7) is 2.73. The van der Waals surface area contributed by atoms with Crippen LogP contribution in [0.3, 0.4) is 0 Å². The molecule has 2 atom stereocenters. The van der Waals surface area contributed by atoms with Crippen molar-refractivity contribution in [2.75, 3.05) is 19.8 Å². The van der Waals surface area contributed by atoms with Gasteiger partial charge in [-0.15, -0.1) is 11.7 Å². The Morgan fingerprint density at radius 3 is 3.00 bits per heavy atom. The molecule has 0 aromatic rings. The van der Waals surface area contributed by atoms with Crippen molar-refractivity contribution in [2.24, 2.45) is 0 Å². The van der Waals surface area contributed by atoms with E-state index in [4.69, 9.17) is 4.74 Å². The van der Waals surface area contributed by atoms with E-state index in [1.807, 2.05) is 0 Å². The van der Waals surface area contributed by atoms with Gasteiger partial charge in [0, 0.05) is 6.54 Å². The molecular formula is C8H15NOS3. The normalized spacial score (nSPS) is 41.5. The Labute approximate surface area is 94.1 Å². The minimum absolute atomic E-state index is 0.160. The summed E-state index contributed by atoms with van der Waals surface area (Å²) in [6.07, 6.45) is 3.76. The molecule has 1 spiro atoms. The minimum atomic E-state index is 0.160. The van der Waals surface area contributed by atoms with Crippen molar-refractivity contribution < 1.29 is 4.74 Å². The molecule has 0 aliphatic carbocycles. The Kier molecular flexibility index (Phi) is 3.41. The number of thiol groups is 2. The third-order valence-electron chi connectivity index (χ3n) is 3.09. The van der Waals surface area contributed by atoms with E-state index in [0.717, 1.165) is 19.8 Å². The zero-order valence-corrected chi connectivity index (χ0v) is 10.1. The highest BCUT2D eigenvalue weighted by atomic mass is 33.1. The van der Waals surface area contributed by atoms with Gasteiger partial charge in [0.25, 0.3) is 0 Å². The second kappa shape index (κ2) is 4.23. The van der Waals surface area contributed by atoms with Crippen LogP contribution in [0.5, 0.6) is 0 Å². The summed E-state index contributed by atoms with van der Waals surface area (Å²) in [6, 6.07) is 0. The van der Waals surface area contributed by atoms with E-state index in [1.165, 1.54) is 19.3 Å². The van der Waals surface area contributed by atoms with Gasteiger partial charge in [-0.25, -0.2) is 4.31 Å². The van der Waals surface area contributed by atoms with E-state index in [9.17, 15) is 0 Å². The molecule has 76 valence electrons. The van der Waals surface area contributed by atoms with E-state index in [2.05, 4.69) is 28.8 Å². The van der Waals surface area contributed by atoms with E-state index in [1.54, 1.807) is 10.8 Å². The zero-order valence-electron chi connectivity index (χ0n) is 7.48. The highest BCUT2D eigenvalue weighted by Crippen LogP contribution is 2.42. The first-order valence-electron chi connectivity index (χ1n) is 4.64. The largest absolute Gasteiger partial charge is 0.378 e. The molecule has 0 aromatic heterocycles. The van der Waals surface area contributed by atoms with Crippen LogP contribution in [0.15, 0.2) is 0 Å². The fraction of sp³-hybridized carbons (Fsp3) is 1.00. The lowest BCUT2D eigenvalue weighted by Crippen LogP contribution is -2.53. The van der Waals surface area contributed by atoms with Crippen LogP contribution in [-0.2, 0) is 4.74 Å². The van der Waals surface area contributed by atoms with Crippen molar-refractivity contribution in [1.82, 2.24) is 4.31 Å². The van der Waals surface area contributed by atoms with Crippen LogP contribution in [0.2, 0.25) is 0 Å². The summed E-state index contributed by atoms with van der Waals surface area (Å²) in [7, 11) is 1.62. The third-order valence-corrected chi connectivity index (χ3v) is 5.28. The summed E-state index contributed by atoms with van der Waals surface area (Å²) in [5.41, 5.74) is 0.160. The summed E-state index contributed by atoms with van der Waals surface area (Å²) in [4.78, 5) is 0. The second-order valence-electron chi connectivity index (χ2n) is 3.79. The number of nitrogens with zero attached hydrogens (tertiary/aromatic N) is 1. The molecule has 5 heteroatoms. The maximum absolute atomic E-state index is 5.55. The molecule has 0 bridgehead atoms. The van der Waals surface area contributed by atoms with Crippen LogP contribution in [0.4, 0.5) is 0 Å². The predicted molar refractivity (Wildman–Crippen MR) is 63.5 cm³/mol. The lowest BCUT2D eigenvalue weighted by molar-refractivity contribution is 0.107. The molecule has 0 amide bonds. The Balaban J connectivity index is 2.15. The van der Waals surface area contributed by atoms with E-state index in [-0.39, 0.29) is 5.54 Å². The van der Waals surface area contributed by atoms with Gasteiger partial charge in [-0.2, -0.15) is 0 Å². The highest BCUT2D eigenvalue weighted by molar-refractivity contribution is 8.68. The standard InChI is InChI=1S/C8H15NOS3/c11-9-4-2-1-3-8(9)6-10-5-7(8)13-12/h7,11-12H,1-6H2. The van der Waals surface area contributed by atoms with Crippen LogP contribution >= 0.6 is 35.3 Å². The smallest absolute Gasteiger partial charge is 0.0692 e. The van der Waals surface area contributed by atoms with Crippen molar-refractivity contribution in [3.05, 3.63) is 0 Å². The Bertz CT molecular complexity index is 192. The predicted octanol–water partition coefficient (Wildman–Crippen LogP) is 2.03. The van der Waals surface area contributed by atoms with Crippen molar-refractivity contribution in [3.8, 4) is 0 Å². The van der Waals surface area contributed by atoms with Gasteiger partial charge in [0.15, 0.2) is 0 Å². The number of rotatable bonds is 1. The minimum Gasteiger partial charge on any atom is -0.378 e. The first-order valence-corrected chi connectivity index (χ1v) is 6.97. The van der Waals surface area contributed by atoms with Gasteiger partial charge >= 0.3 is 0 Å². The molecule has 2 nitrogen and oxygen atoms in total. The molecule has 0 saturated carbocycles. The summed E-state index contributed by atoms with van der Waals surface area (Å²) in [5.74, 6) is 0. The number of ether oxygens (including phenoxy) is 1. The van der Waals surface area contributed by atoms with Gasteiger partial charge in [0.2, 0.25) is 0 Å². The van der Waals surface area contributed by atoms with Crippen molar-refractivity contribution in [2.45, 2.75) is 30.1 Å². The molecule has 0 radical (unpaired) electrons. The van der Waals surface area contributed by atoms with Gasteiger partial charge in [-0.05, 0) is 12.8 Å². The summed E-state index contributed by atoms with van der Waals surface area (Å²) >= 11 is 8.88. The fourth-order valence-corrected chi connectivity index (χ4v) is 4.19. The van der Waals surface area contributed by atoms with Crippen LogP contribution in [-0.4, -0.2) is 34.9 Å². The Morgan fingerprint density at radius 2 is 2.31 bits per heavy atom. The summed E-state index contributed by atoms with van der Waals surface area (Å²) in [5, 5.41) is 0.480. The van der Waals surface area contributed by atoms with Gasteiger partial charge in [0.05, 0.1) is 24.0 Å². The van der Waals surface area contributed by atoms with Gasteiger partial charge in [-0.1, -0.05) is 30.0 Å². The van der Waals surface area contributed by atoms with Crippen LogP contribution in [0, 0.1) is 0 Å². The van der Waals surface area contributed by atoms with E-state index in [0.29, 0.717) is 5.25 Å². The second-order valence-corrected chi connectivity index (χ2v) is 5.69. The lowest BCUT2D eigenvalue weighted by atomic mass is 9.88. The molecular weight excluding hydrogens is 222 g/mol. The van der Waals surface area contributed by atoms with Gasteiger partial charge < -0.3 is 4.74 Å². The molecule has 0 N–H and O–H groups in total. The Morgan fingerprint density at radius 1 is 1.46 bits per heavy atom. The molecule has 2 saturated heterocycles. The van der Waals surface area contributed by atoms with Crippen molar-refractivity contribution >= 4 is 35.3 Å². The number of hydrogen-bond acceptors (Lipinski definition) is 5. The first kappa shape index (κ1) is 10.5. The maximum Gasteiger partial charge on any atom is 0.0692 e. The van der Waals surface area contributed by atoms with E-state index >= 15 is 0 Å². The SMILES string of the molecule is SSC1COCC12CCCCN2S. The zero-order chi connectivity index (χ0) is 9.31. The molecule has 2 fully saturated rings. The average molecular weight is 237 g/mol. The quantitative estimate of drug-likeness (QED) is 0.535. The van der Waals surface area contributed by atoms with Gasteiger partial charge in [0.1, 0.15) is 0 Å². The molecule has 2 rings (SSSR count). The van der Waals surface area contributed by atoms with E-state index < -0.39 is 0 Å². The van der Waals surface area contributed by atoms with Gasteiger partial charge in [-0.3, -0.25) is 0 Å². The first-order chi connectivity index (χ1) is 6.29. The topological polar surface area (TPSA) is 12.5 Å². The maximum atomic E-state index is 5.55. The van der Waals surface area contributed by atoms with Crippen molar-refractivity contribution in [1.29, 1.82) is 0 Å². The summed E-state index contributed by atoms with van der Waals surface area (Å²) < 4.78 is 7.73. The van der Waals surface area contributed by atoms with Crippen LogP contribution in [0.25, 0.3) is 0 Å². The molecule has 2 unspecified atom stereocenters. The fourth-order valence-electron chi connectivity index (χ4n) is 2.24. The molecule has 0 aromatic carbocycles. The monoisotopic (exact) mass is 237 g/mol. The molecule has 13 heavy (non-hydrogen) atoms. The highest BCUT2D eigenvalue weighted by Gasteiger charge is 2.48.